The number of aliphatic imine (C=N–C) groups is 1. The fourth-order valence-corrected chi connectivity index (χ4v) is 3.82. The highest BCUT2D eigenvalue weighted by Crippen LogP contribution is 2.19. The quantitative estimate of drug-likeness (QED) is 0.362. The standard InChI is InChI=1S/C20H37N5OS/c1-16(2)14-26-11-5-8-22-20(21-4)23-12-18-6-9-25(10-7-18)13-19-15-27-17(3)24-19/h15-16,18H,5-14H2,1-4H3,(H2,21,22,23). The van der Waals surface area contributed by atoms with Crippen molar-refractivity contribution < 1.29 is 4.74 Å². The summed E-state index contributed by atoms with van der Waals surface area (Å²) >= 11 is 1.74. The van der Waals surface area contributed by atoms with E-state index in [1.54, 1.807) is 11.3 Å². The summed E-state index contributed by atoms with van der Waals surface area (Å²) < 4.78 is 5.61. The number of likely N-dealkylation sites (tertiary alicyclic amines) is 1. The molecule has 1 aromatic heterocycles. The van der Waals surface area contributed by atoms with Crippen LogP contribution in [0.25, 0.3) is 0 Å². The van der Waals surface area contributed by atoms with Gasteiger partial charge in [-0.3, -0.25) is 9.89 Å². The summed E-state index contributed by atoms with van der Waals surface area (Å²) in [6.07, 6.45) is 3.47. The fourth-order valence-electron chi connectivity index (χ4n) is 3.22. The average Bonchev–Trinajstić information content (AvgIpc) is 3.06. The molecule has 0 atom stereocenters. The van der Waals surface area contributed by atoms with Crippen molar-refractivity contribution in [2.24, 2.45) is 16.8 Å². The molecular formula is C20H37N5OS. The SMILES string of the molecule is CN=C(NCCCOCC(C)C)NCC1CCN(Cc2csc(C)n2)CC1. The zero-order valence-electron chi connectivity index (χ0n) is 17.5. The molecule has 0 radical (unpaired) electrons. The lowest BCUT2D eigenvalue weighted by atomic mass is 9.97. The molecule has 6 nitrogen and oxygen atoms in total. The maximum absolute atomic E-state index is 5.61. The van der Waals surface area contributed by atoms with Crippen LogP contribution in [0.1, 0.15) is 43.8 Å². The zero-order chi connectivity index (χ0) is 19.5. The van der Waals surface area contributed by atoms with Crippen LogP contribution >= 0.6 is 11.3 Å². The number of rotatable bonds is 10. The molecule has 154 valence electrons. The molecule has 0 bridgehead atoms. The predicted molar refractivity (Wildman–Crippen MR) is 114 cm³/mol. The smallest absolute Gasteiger partial charge is 0.190 e. The van der Waals surface area contributed by atoms with Gasteiger partial charge in [0.05, 0.1) is 10.7 Å². The molecule has 0 amide bonds. The van der Waals surface area contributed by atoms with E-state index >= 15 is 0 Å². The van der Waals surface area contributed by atoms with Crippen LogP contribution < -0.4 is 10.6 Å². The Balaban J connectivity index is 1.55. The van der Waals surface area contributed by atoms with Crippen molar-refractivity contribution in [3.05, 3.63) is 16.1 Å². The molecule has 0 spiro atoms. The number of aryl methyl sites for hydroxylation is 1. The van der Waals surface area contributed by atoms with Crippen LogP contribution in [0.15, 0.2) is 10.4 Å². The van der Waals surface area contributed by atoms with E-state index in [2.05, 4.69) is 51.7 Å². The molecule has 7 heteroatoms. The largest absolute Gasteiger partial charge is 0.381 e. The highest BCUT2D eigenvalue weighted by atomic mass is 32.1. The van der Waals surface area contributed by atoms with Crippen LogP contribution in [-0.4, -0.2) is 62.3 Å². The molecule has 2 N–H and O–H groups in total. The van der Waals surface area contributed by atoms with E-state index < -0.39 is 0 Å². The summed E-state index contributed by atoms with van der Waals surface area (Å²) in [6, 6.07) is 0. The maximum atomic E-state index is 5.61. The molecule has 1 aliphatic rings. The number of hydrogen-bond acceptors (Lipinski definition) is 5. The molecular weight excluding hydrogens is 358 g/mol. The third-order valence-corrected chi connectivity index (χ3v) is 5.57. The minimum atomic E-state index is 0.601. The molecule has 2 rings (SSSR count). The number of guanidine groups is 1. The van der Waals surface area contributed by atoms with Crippen LogP contribution in [-0.2, 0) is 11.3 Å². The first-order valence-corrected chi connectivity index (χ1v) is 11.1. The van der Waals surface area contributed by atoms with Gasteiger partial charge in [-0.15, -0.1) is 11.3 Å². The lowest BCUT2D eigenvalue weighted by Gasteiger charge is -2.31. The van der Waals surface area contributed by atoms with Crippen LogP contribution in [0.4, 0.5) is 0 Å². The Morgan fingerprint density at radius 2 is 2.15 bits per heavy atom. The number of aromatic nitrogens is 1. The number of piperidine rings is 1. The Labute approximate surface area is 168 Å². The van der Waals surface area contributed by atoms with Crippen LogP contribution in [0.3, 0.4) is 0 Å². The lowest BCUT2D eigenvalue weighted by molar-refractivity contribution is 0.108. The summed E-state index contributed by atoms with van der Waals surface area (Å²) in [5.41, 5.74) is 1.22. The van der Waals surface area contributed by atoms with Crippen LogP contribution in [0.5, 0.6) is 0 Å². The minimum absolute atomic E-state index is 0.601. The van der Waals surface area contributed by atoms with Crippen molar-refractivity contribution in [3.8, 4) is 0 Å². The third-order valence-electron chi connectivity index (χ3n) is 4.75. The van der Waals surface area contributed by atoms with E-state index in [0.29, 0.717) is 11.8 Å². The van der Waals surface area contributed by atoms with Crippen LogP contribution in [0, 0.1) is 18.8 Å². The van der Waals surface area contributed by atoms with Crippen LogP contribution in [0.2, 0.25) is 0 Å². The second-order valence-corrected chi connectivity index (χ2v) is 8.84. The molecule has 1 aliphatic heterocycles. The summed E-state index contributed by atoms with van der Waals surface area (Å²) in [7, 11) is 1.84. The van der Waals surface area contributed by atoms with E-state index in [0.717, 1.165) is 63.3 Å². The van der Waals surface area contributed by atoms with Gasteiger partial charge in [0, 0.05) is 45.3 Å². The molecule has 1 aromatic rings. The monoisotopic (exact) mass is 395 g/mol. The Morgan fingerprint density at radius 3 is 2.78 bits per heavy atom. The highest BCUT2D eigenvalue weighted by molar-refractivity contribution is 7.09. The Bertz CT molecular complexity index is 552. The van der Waals surface area contributed by atoms with E-state index in [9.17, 15) is 0 Å². The van der Waals surface area contributed by atoms with Crippen molar-refractivity contribution in [2.75, 3.05) is 46.4 Å². The average molecular weight is 396 g/mol. The molecule has 0 saturated carbocycles. The number of ether oxygens (including phenoxy) is 1. The number of nitrogens with zero attached hydrogens (tertiary/aromatic N) is 3. The second kappa shape index (κ2) is 12.3. The maximum Gasteiger partial charge on any atom is 0.190 e. The van der Waals surface area contributed by atoms with Gasteiger partial charge < -0.3 is 15.4 Å². The Hall–Kier alpha value is -1.18. The van der Waals surface area contributed by atoms with Gasteiger partial charge in [0.2, 0.25) is 0 Å². The summed E-state index contributed by atoms with van der Waals surface area (Å²) in [5, 5.41) is 10.2. The van der Waals surface area contributed by atoms with Gasteiger partial charge in [-0.1, -0.05) is 13.8 Å². The van der Waals surface area contributed by atoms with Crippen molar-refractivity contribution in [2.45, 2.75) is 46.6 Å². The molecule has 27 heavy (non-hydrogen) atoms. The molecule has 1 saturated heterocycles. The highest BCUT2D eigenvalue weighted by Gasteiger charge is 2.20. The predicted octanol–water partition coefficient (Wildman–Crippen LogP) is 2.89. The van der Waals surface area contributed by atoms with E-state index in [4.69, 9.17) is 4.74 Å². The summed E-state index contributed by atoms with van der Waals surface area (Å²) in [4.78, 5) is 11.4. The molecule has 0 unspecified atom stereocenters. The van der Waals surface area contributed by atoms with Gasteiger partial charge in [0.25, 0.3) is 0 Å². The van der Waals surface area contributed by atoms with Crippen molar-refractivity contribution in [3.63, 3.8) is 0 Å². The van der Waals surface area contributed by atoms with Crippen molar-refractivity contribution in [1.82, 2.24) is 20.5 Å². The topological polar surface area (TPSA) is 61.8 Å². The second-order valence-electron chi connectivity index (χ2n) is 7.78. The van der Waals surface area contributed by atoms with Gasteiger partial charge in [-0.2, -0.15) is 0 Å². The van der Waals surface area contributed by atoms with Gasteiger partial charge in [0.1, 0.15) is 0 Å². The fraction of sp³-hybridized carbons (Fsp3) is 0.800. The number of nitrogens with one attached hydrogen (secondary N) is 2. The third kappa shape index (κ3) is 9.04. The summed E-state index contributed by atoms with van der Waals surface area (Å²) in [5.74, 6) is 2.22. The normalized spacial score (nSPS) is 16.9. The first kappa shape index (κ1) is 22.1. The van der Waals surface area contributed by atoms with Gasteiger partial charge >= 0.3 is 0 Å². The Morgan fingerprint density at radius 1 is 1.37 bits per heavy atom. The summed E-state index contributed by atoms with van der Waals surface area (Å²) in [6.45, 7) is 13.3. The first-order valence-electron chi connectivity index (χ1n) is 10.2. The van der Waals surface area contributed by atoms with E-state index in [-0.39, 0.29) is 0 Å². The van der Waals surface area contributed by atoms with Gasteiger partial charge in [-0.05, 0) is 51.1 Å². The molecule has 2 heterocycles. The lowest BCUT2D eigenvalue weighted by Crippen LogP contribution is -2.43. The number of thiazole rings is 1. The van der Waals surface area contributed by atoms with Crippen molar-refractivity contribution >= 4 is 17.3 Å². The molecule has 1 fully saturated rings. The van der Waals surface area contributed by atoms with E-state index in [1.807, 2.05) is 7.05 Å². The first-order chi connectivity index (χ1) is 13.1. The zero-order valence-corrected chi connectivity index (χ0v) is 18.3. The molecule has 0 aliphatic carbocycles. The molecule has 0 aromatic carbocycles. The number of hydrogen-bond donors (Lipinski definition) is 2. The van der Waals surface area contributed by atoms with E-state index in [1.165, 1.54) is 18.5 Å². The van der Waals surface area contributed by atoms with Gasteiger partial charge in [0.15, 0.2) is 5.96 Å². The van der Waals surface area contributed by atoms with Crippen molar-refractivity contribution in [1.29, 1.82) is 0 Å². The van der Waals surface area contributed by atoms with Gasteiger partial charge in [-0.25, -0.2) is 4.98 Å². The Kier molecular flexibility index (Phi) is 10.1. The minimum Gasteiger partial charge on any atom is -0.381 e.